The zero-order valence-corrected chi connectivity index (χ0v) is 17.7. The molecule has 0 spiro atoms. The van der Waals surface area contributed by atoms with Gasteiger partial charge in [0.2, 0.25) is 5.79 Å². The van der Waals surface area contributed by atoms with Crippen LogP contribution in [0.2, 0.25) is 0 Å². The molecule has 0 radical (unpaired) electrons. The predicted octanol–water partition coefficient (Wildman–Crippen LogP) is 5.27. The number of benzene rings is 2. The van der Waals surface area contributed by atoms with Crippen LogP contribution in [0.4, 0.5) is 5.69 Å². The van der Waals surface area contributed by atoms with Crippen molar-refractivity contribution in [1.82, 2.24) is 9.97 Å². The van der Waals surface area contributed by atoms with E-state index in [1.807, 2.05) is 38.1 Å². The summed E-state index contributed by atoms with van der Waals surface area (Å²) in [5.41, 5.74) is 2.05. The highest BCUT2D eigenvalue weighted by atomic mass is 32.2. The first-order valence-corrected chi connectivity index (χ1v) is 10.7. The van der Waals surface area contributed by atoms with E-state index in [4.69, 9.17) is 13.9 Å². The summed E-state index contributed by atoms with van der Waals surface area (Å²) in [7, 11) is 0. The Balaban J connectivity index is 1.42. The molecular weight excluding hydrogens is 414 g/mol. The fourth-order valence-corrected chi connectivity index (χ4v) is 4.24. The Kier molecular flexibility index (Phi) is 4.78. The quantitative estimate of drug-likeness (QED) is 0.339. The molecule has 2 aromatic heterocycles. The lowest BCUT2D eigenvalue weighted by atomic mass is 10.1. The number of aromatic nitrogens is 2. The van der Waals surface area contributed by atoms with Crippen LogP contribution in [0, 0.1) is 0 Å². The number of carbonyl (C=O) groups excluding carboxylic acids is 1. The van der Waals surface area contributed by atoms with Gasteiger partial charge in [-0.05, 0) is 24.3 Å². The first-order valence-electron chi connectivity index (χ1n) is 9.72. The predicted molar refractivity (Wildman–Crippen MR) is 118 cm³/mol. The molecule has 156 valence electrons. The Hall–Kier alpha value is -3.52. The first-order chi connectivity index (χ1) is 15.0. The number of nitrogens with zero attached hydrogens (tertiary/aromatic N) is 2. The lowest BCUT2D eigenvalue weighted by Gasteiger charge is -2.16. The molecular formula is C23H19N3O4S. The van der Waals surface area contributed by atoms with Gasteiger partial charge in [-0.1, -0.05) is 30.0 Å². The van der Waals surface area contributed by atoms with Crippen LogP contribution < -0.4 is 14.8 Å². The molecule has 5 rings (SSSR count). The summed E-state index contributed by atoms with van der Waals surface area (Å²) < 4.78 is 17.4. The molecule has 2 aromatic carbocycles. The Morgan fingerprint density at radius 3 is 2.65 bits per heavy atom. The third-order valence-electron chi connectivity index (χ3n) is 4.71. The Morgan fingerprint density at radius 1 is 1.03 bits per heavy atom. The molecule has 0 aliphatic carbocycles. The summed E-state index contributed by atoms with van der Waals surface area (Å²) in [4.78, 5) is 21.6. The number of rotatable bonds is 5. The molecule has 7 nitrogen and oxygen atoms in total. The molecule has 4 aromatic rings. The normalized spacial score (nSPS) is 14.0. The highest BCUT2D eigenvalue weighted by molar-refractivity contribution is 7.98. The summed E-state index contributed by atoms with van der Waals surface area (Å²) in [5.74, 6) is 0.935. The summed E-state index contributed by atoms with van der Waals surface area (Å²) in [5, 5.41) is 4.43. The van der Waals surface area contributed by atoms with Crippen molar-refractivity contribution in [3.63, 3.8) is 0 Å². The summed E-state index contributed by atoms with van der Waals surface area (Å²) in [6.07, 6.45) is 3.38. The Morgan fingerprint density at radius 2 is 1.81 bits per heavy atom. The van der Waals surface area contributed by atoms with Crippen LogP contribution in [0.1, 0.15) is 30.0 Å². The topological polar surface area (TPSA) is 86.5 Å². The maximum Gasteiger partial charge on any atom is 0.291 e. The van der Waals surface area contributed by atoms with E-state index in [9.17, 15) is 4.79 Å². The van der Waals surface area contributed by atoms with Crippen molar-refractivity contribution in [2.75, 3.05) is 5.32 Å². The molecule has 1 N–H and O–H groups in total. The SMILES string of the molecule is CC1(C)Oc2ccc(NC(=O)c3oc4ccccc4c3CSc3ncccn3)cc2O1. The van der Waals surface area contributed by atoms with Crippen molar-refractivity contribution in [3.8, 4) is 11.5 Å². The van der Waals surface area contributed by atoms with Gasteiger partial charge in [0.15, 0.2) is 22.4 Å². The Bertz CT molecular complexity index is 1270. The summed E-state index contributed by atoms with van der Waals surface area (Å²) >= 11 is 1.45. The minimum absolute atomic E-state index is 0.266. The van der Waals surface area contributed by atoms with E-state index in [2.05, 4.69) is 15.3 Å². The van der Waals surface area contributed by atoms with E-state index in [0.29, 0.717) is 33.7 Å². The van der Waals surface area contributed by atoms with Crippen molar-refractivity contribution >= 4 is 34.3 Å². The standard InChI is InChI=1S/C23H19N3O4S/c1-23(2)29-18-9-8-14(12-19(18)30-23)26-21(27)20-16(13-31-22-24-10-5-11-25-22)15-6-3-4-7-17(15)28-20/h3-12H,13H2,1-2H3,(H,26,27). The third kappa shape index (κ3) is 3.94. The van der Waals surface area contributed by atoms with Gasteiger partial charge in [-0.25, -0.2) is 9.97 Å². The van der Waals surface area contributed by atoms with Crippen LogP contribution in [0.25, 0.3) is 11.0 Å². The third-order valence-corrected chi connectivity index (χ3v) is 5.61. The van der Waals surface area contributed by atoms with Gasteiger partial charge in [0.05, 0.1) is 0 Å². The second kappa shape index (κ2) is 7.63. The van der Waals surface area contributed by atoms with Gasteiger partial charge < -0.3 is 19.2 Å². The van der Waals surface area contributed by atoms with Crippen LogP contribution in [-0.4, -0.2) is 21.7 Å². The number of nitrogens with one attached hydrogen (secondary N) is 1. The van der Waals surface area contributed by atoms with E-state index in [1.165, 1.54) is 11.8 Å². The number of fused-ring (bicyclic) bond motifs is 2. The number of thioether (sulfide) groups is 1. The molecule has 0 unspecified atom stereocenters. The number of hydrogen-bond donors (Lipinski definition) is 1. The lowest BCUT2D eigenvalue weighted by Crippen LogP contribution is -2.29. The fourth-order valence-electron chi connectivity index (χ4n) is 3.41. The maximum atomic E-state index is 13.1. The maximum absolute atomic E-state index is 13.1. The monoisotopic (exact) mass is 433 g/mol. The van der Waals surface area contributed by atoms with Crippen molar-refractivity contribution in [1.29, 1.82) is 0 Å². The van der Waals surface area contributed by atoms with Crippen molar-refractivity contribution in [3.05, 3.63) is 72.2 Å². The summed E-state index contributed by atoms with van der Waals surface area (Å²) in [6.45, 7) is 3.67. The molecule has 1 aliphatic heterocycles. The van der Waals surface area contributed by atoms with Gasteiger partial charge >= 0.3 is 0 Å². The van der Waals surface area contributed by atoms with Gasteiger partial charge in [0, 0.05) is 54.7 Å². The fraction of sp³-hybridized carbons (Fsp3) is 0.174. The zero-order chi connectivity index (χ0) is 21.4. The van der Waals surface area contributed by atoms with Crippen molar-refractivity contribution < 1.29 is 18.7 Å². The minimum Gasteiger partial charge on any atom is -0.451 e. The van der Waals surface area contributed by atoms with E-state index >= 15 is 0 Å². The molecule has 0 saturated carbocycles. The second-order valence-electron chi connectivity index (χ2n) is 7.45. The van der Waals surface area contributed by atoms with Crippen LogP contribution >= 0.6 is 11.8 Å². The number of carbonyl (C=O) groups is 1. The van der Waals surface area contributed by atoms with Gasteiger partial charge in [-0.2, -0.15) is 0 Å². The average Bonchev–Trinajstić information content (AvgIpc) is 3.28. The highest BCUT2D eigenvalue weighted by Crippen LogP contribution is 2.41. The van der Waals surface area contributed by atoms with Gasteiger partial charge in [-0.3, -0.25) is 4.79 Å². The minimum atomic E-state index is -0.729. The van der Waals surface area contributed by atoms with E-state index in [1.54, 1.807) is 36.7 Å². The van der Waals surface area contributed by atoms with Gasteiger partial charge in [0.1, 0.15) is 5.58 Å². The molecule has 0 fully saturated rings. The molecule has 0 atom stereocenters. The van der Waals surface area contributed by atoms with Crippen molar-refractivity contribution in [2.24, 2.45) is 0 Å². The largest absolute Gasteiger partial charge is 0.451 e. The lowest BCUT2D eigenvalue weighted by molar-refractivity contribution is -0.0431. The molecule has 0 saturated heterocycles. The molecule has 1 amide bonds. The van der Waals surface area contributed by atoms with Gasteiger partial charge in [-0.15, -0.1) is 0 Å². The summed E-state index contributed by atoms with van der Waals surface area (Å²) in [6, 6.07) is 14.7. The smallest absolute Gasteiger partial charge is 0.291 e. The van der Waals surface area contributed by atoms with Crippen LogP contribution in [0.15, 0.2) is 70.5 Å². The number of para-hydroxylation sites is 1. The molecule has 8 heteroatoms. The van der Waals surface area contributed by atoms with Crippen LogP contribution in [-0.2, 0) is 5.75 Å². The molecule has 0 bridgehead atoms. The van der Waals surface area contributed by atoms with Crippen molar-refractivity contribution in [2.45, 2.75) is 30.5 Å². The second-order valence-corrected chi connectivity index (χ2v) is 8.39. The number of amides is 1. The van der Waals surface area contributed by atoms with Gasteiger partial charge in [0.25, 0.3) is 5.91 Å². The zero-order valence-electron chi connectivity index (χ0n) is 16.9. The molecule has 3 heterocycles. The Labute approximate surface area is 182 Å². The molecule has 31 heavy (non-hydrogen) atoms. The average molecular weight is 433 g/mol. The number of ether oxygens (including phenoxy) is 2. The first kappa shape index (κ1) is 19.4. The van der Waals surface area contributed by atoms with E-state index < -0.39 is 5.79 Å². The van der Waals surface area contributed by atoms with E-state index in [0.717, 1.165) is 10.9 Å². The highest BCUT2D eigenvalue weighted by Gasteiger charge is 2.32. The van der Waals surface area contributed by atoms with Crippen LogP contribution in [0.3, 0.4) is 0 Å². The number of anilines is 1. The number of furan rings is 1. The molecule has 1 aliphatic rings. The number of hydrogen-bond acceptors (Lipinski definition) is 7. The van der Waals surface area contributed by atoms with E-state index in [-0.39, 0.29) is 11.7 Å². The van der Waals surface area contributed by atoms with Crippen LogP contribution in [0.5, 0.6) is 11.5 Å².